The summed E-state index contributed by atoms with van der Waals surface area (Å²) in [7, 11) is 0. The second-order valence-corrected chi connectivity index (χ2v) is 5.97. The van der Waals surface area contributed by atoms with E-state index in [1.807, 2.05) is 0 Å². The molecule has 1 aromatic rings. The van der Waals surface area contributed by atoms with Gasteiger partial charge in [0.05, 0.1) is 5.56 Å². The predicted octanol–water partition coefficient (Wildman–Crippen LogP) is 4.03. The molecule has 124 valence electrons. The highest BCUT2D eigenvalue weighted by Gasteiger charge is 2.33. The summed E-state index contributed by atoms with van der Waals surface area (Å²) >= 11 is 0. The van der Waals surface area contributed by atoms with E-state index in [9.17, 15) is 18.0 Å². The molecule has 1 rings (SSSR count). The van der Waals surface area contributed by atoms with E-state index in [2.05, 4.69) is 10.6 Å². The van der Waals surface area contributed by atoms with E-state index >= 15 is 0 Å². The number of hydrogen-bond donors (Lipinski definition) is 2. The van der Waals surface area contributed by atoms with Crippen molar-refractivity contribution in [2.24, 2.45) is 0 Å². The summed E-state index contributed by atoms with van der Waals surface area (Å²) in [5.74, 6) is 0. The summed E-state index contributed by atoms with van der Waals surface area (Å²) in [5, 5.41) is 5.26. The van der Waals surface area contributed by atoms with Gasteiger partial charge >= 0.3 is 12.3 Å². The first-order valence-corrected chi connectivity index (χ1v) is 6.88. The van der Waals surface area contributed by atoms with Gasteiger partial charge in [0, 0.05) is 18.3 Å². The first-order valence-electron chi connectivity index (χ1n) is 6.88. The van der Waals surface area contributed by atoms with Gasteiger partial charge in [-0.05, 0) is 39.8 Å². The molecule has 2 N–H and O–H groups in total. The van der Waals surface area contributed by atoms with Gasteiger partial charge in [0.25, 0.3) is 0 Å². The zero-order chi connectivity index (χ0) is 17.0. The SMILES string of the molecule is CC(CNC(=O)OC(C)(C)C)Nc1ccccc1C(F)(F)F. The first-order chi connectivity index (χ1) is 9.99. The molecule has 0 aliphatic heterocycles. The van der Waals surface area contributed by atoms with Crippen LogP contribution in [0.5, 0.6) is 0 Å². The van der Waals surface area contributed by atoms with Crippen LogP contribution in [0.1, 0.15) is 33.3 Å². The number of alkyl carbamates (subject to hydrolysis) is 1. The molecular formula is C15H21F3N2O2. The number of halogens is 3. The van der Waals surface area contributed by atoms with Crippen LogP contribution in [0.4, 0.5) is 23.7 Å². The van der Waals surface area contributed by atoms with E-state index in [1.165, 1.54) is 18.2 Å². The van der Waals surface area contributed by atoms with Gasteiger partial charge in [0.15, 0.2) is 0 Å². The van der Waals surface area contributed by atoms with Crippen molar-refractivity contribution in [2.45, 2.75) is 45.5 Å². The second kappa shape index (κ2) is 6.89. The molecule has 0 spiro atoms. The van der Waals surface area contributed by atoms with Crippen molar-refractivity contribution in [3.63, 3.8) is 0 Å². The lowest BCUT2D eigenvalue weighted by molar-refractivity contribution is -0.137. The number of para-hydroxylation sites is 1. The topological polar surface area (TPSA) is 50.4 Å². The number of rotatable bonds is 4. The van der Waals surface area contributed by atoms with Gasteiger partial charge in [-0.25, -0.2) is 4.79 Å². The van der Waals surface area contributed by atoms with Crippen molar-refractivity contribution in [1.29, 1.82) is 0 Å². The van der Waals surface area contributed by atoms with E-state index in [1.54, 1.807) is 27.7 Å². The smallest absolute Gasteiger partial charge is 0.418 e. The van der Waals surface area contributed by atoms with Crippen molar-refractivity contribution in [2.75, 3.05) is 11.9 Å². The number of carbonyl (C=O) groups is 1. The largest absolute Gasteiger partial charge is 0.444 e. The highest BCUT2D eigenvalue weighted by molar-refractivity contribution is 5.67. The fourth-order valence-corrected chi connectivity index (χ4v) is 1.72. The second-order valence-electron chi connectivity index (χ2n) is 5.97. The summed E-state index contributed by atoms with van der Waals surface area (Å²) in [4.78, 5) is 11.5. The van der Waals surface area contributed by atoms with Crippen LogP contribution in [-0.4, -0.2) is 24.3 Å². The normalized spacial score (nSPS) is 13.4. The monoisotopic (exact) mass is 318 g/mol. The average Bonchev–Trinajstić information content (AvgIpc) is 2.34. The molecule has 0 saturated carbocycles. The Balaban J connectivity index is 2.60. The molecule has 0 aliphatic carbocycles. The van der Waals surface area contributed by atoms with Gasteiger partial charge in [-0.1, -0.05) is 12.1 Å². The molecule has 0 bridgehead atoms. The number of hydrogen-bond acceptors (Lipinski definition) is 3. The number of nitrogens with one attached hydrogen (secondary N) is 2. The van der Waals surface area contributed by atoms with Crippen LogP contribution in [0, 0.1) is 0 Å². The average molecular weight is 318 g/mol. The quantitative estimate of drug-likeness (QED) is 0.881. The van der Waals surface area contributed by atoms with Gasteiger partial charge in [-0.3, -0.25) is 0 Å². The van der Waals surface area contributed by atoms with Crippen LogP contribution in [0.2, 0.25) is 0 Å². The molecule has 4 nitrogen and oxygen atoms in total. The van der Waals surface area contributed by atoms with Crippen LogP contribution in [0.3, 0.4) is 0 Å². The van der Waals surface area contributed by atoms with Gasteiger partial charge < -0.3 is 15.4 Å². The number of benzene rings is 1. The lowest BCUT2D eigenvalue weighted by Gasteiger charge is -2.22. The summed E-state index contributed by atoms with van der Waals surface area (Å²) in [6, 6.07) is 4.82. The van der Waals surface area contributed by atoms with Crippen molar-refractivity contribution in [3.05, 3.63) is 29.8 Å². The number of ether oxygens (including phenoxy) is 1. The van der Waals surface area contributed by atoms with Crippen LogP contribution >= 0.6 is 0 Å². The lowest BCUT2D eigenvalue weighted by Crippen LogP contribution is -2.38. The standard InChI is InChI=1S/C15H21F3N2O2/c1-10(9-19-13(21)22-14(2,3)4)20-12-8-6-5-7-11(12)15(16,17)18/h5-8,10,20H,9H2,1-4H3,(H,19,21). The van der Waals surface area contributed by atoms with Gasteiger partial charge in [-0.2, -0.15) is 13.2 Å². The number of amides is 1. The number of alkyl halides is 3. The molecule has 7 heteroatoms. The fourth-order valence-electron chi connectivity index (χ4n) is 1.72. The highest BCUT2D eigenvalue weighted by atomic mass is 19.4. The third-order valence-corrected chi connectivity index (χ3v) is 2.59. The Morgan fingerprint density at radius 3 is 2.36 bits per heavy atom. The highest BCUT2D eigenvalue weighted by Crippen LogP contribution is 2.34. The molecule has 0 aromatic heterocycles. The molecule has 0 heterocycles. The van der Waals surface area contributed by atoms with Gasteiger partial charge in [0.1, 0.15) is 5.60 Å². The Hall–Kier alpha value is -1.92. The molecule has 1 amide bonds. The fraction of sp³-hybridized carbons (Fsp3) is 0.533. The van der Waals surface area contributed by atoms with Crippen LogP contribution in [0.25, 0.3) is 0 Å². The van der Waals surface area contributed by atoms with E-state index < -0.39 is 29.5 Å². The Labute approximate surface area is 128 Å². The molecule has 1 atom stereocenters. The summed E-state index contributed by atoms with van der Waals surface area (Å²) in [6.45, 7) is 7.00. The van der Waals surface area contributed by atoms with Gasteiger partial charge in [-0.15, -0.1) is 0 Å². The minimum atomic E-state index is -4.43. The zero-order valence-electron chi connectivity index (χ0n) is 13.0. The number of carbonyl (C=O) groups excluding carboxylic acids is 1. The maximum Gasteiger partial charge on any atom is 0.418 e. The van der Waals surface area contributed by atoms with Crippen molar-refractivity contribution >= 4 is 11.8 Å². The minimum Gasteiger partial charge on any atom is -0.444 e. The van der Waals surface area contributed by atoms with Crippen LogP contribution in [0.15, 0.2) is 24.3 Å². The van der Waals surface area contributed by atoms with E-state index in [0.717, 1.165) is 6.07 Å². The lowest BCUT2D eigenvalue weighted by atomic mass is 10.1. The van der Waals surface area contributed by atoms with E-state index in [-0.39, 0.29) is 12.2 Å². The molecule has 0 saturated heterocycles. The third kappa shape index (κ3) is 6.24. The maximum atomic E-state index is 12.9. The van der Waals surface area contributed by atoms with Crippen molar-refractivity contribution in [1.82, 2.24) is 5.32 Å². The Morgan fingerprint density at radius 2 is 1.82 bits per heavy atom. The molecule has 0 radical (unpaired) electrons. The molecule has 22 heavy (non-hydrogen) atoms. The van der Waals surface area contributed by atoms with Crippen molar-refractivity contribution < 1.29 is 22.7 Å². The molecular weight excluding hydrogens is 297 g/mol. The zero-order valence-corrected chi connectivity index (χ0v) is 13.0. The predicted molar refractivity (Wildman–Crippen MR) is 78.8 cm³/mol. The Kier molecular flexibility index (Phi) is 5.68. The van der Waals surface area contributed by atoms with Crippen LogP contribution < -0.4 is 10.6 Å². The summed E-state index contributed by atoms with van der Waals surface area (Å²) in [6.07, 6.45) is -5.03. The van der Waals surface area contributed by atoms with E-state index in [4.69, 9.17) is 4.74 Å². The summed E-state index contributed by atoms with van der Waals surface area (Å²) in [5.41, 5.74) is -1.38. The Bertz CT molecular complexity index is 510. The van der Waals surface area contributed by atoms with Crippen molar-refractivity contribution in [3.8, 4) is 0 Å². The van der Waals surface area contributed by atoms with Gasteiger partial charge in [0.2, 0.25) is 0 Å². The number of anilines is 1. The minimum absolute atomic E-state index is 0.0199. The summed E-state index contributed by atoms with van der Waals surface area (Å²) < 4.78 is 43.7. The first kappa shape index (κ1) is 18.1. The Morgan fingerprint density at radius 1 is 1.23 bits per heavy atom. The maximum absolute atomic E-state index is 12.9. The van der Waals surface area contributed by atoms with E-state index in [0.29, 0.717) is 0 Å². The molecule has 0 aliphatic rings. The molecule has 1 unspecified atom stereocenters. The molecule has 1 aromatic carbocycles. The molecule has 0 fully saturated rings. The van der Waals surface area contributed by atoms with Crippen LogP contribution in [-0.2, 0) is 10.9 Å². The third-order valence-electron chi connectivity index (χ3n) is 2.59.